The van der Waals surface area contributed by atoms with Gasteiger partial charge in [0.1, 0.15) is 18.8 Å². The van der Waals surface area contributed by atoms with E-state index >= 15 is 0 Å². The van der Waals surface area contributed by atoms with Crippen LogP contribution in [0.25, 0.3) is 0 Å². The van der Waals surface area contributed by atoms with Crippen molar-refractivity contribution in [3.05, 3.63) is 0 Å². The largest absolute Gasteiger partial charge is 0.463 e. The van der Waals surface area contributed by atoms with Crippen LogP contribution in [-0.4, -0.2) is 50.6 Å². The van der Waals surface area contributed by atoms with E-state index in [9.17, 15) is 9.59 Å². The van der Waals surface area contributed by atoms with Gasteiger partial charge in [0.15, 0.2) is 6.10 Å². The van der Waals surface area contributed by atoms with Crippen molar-refractivity contribution in [2.24, 2.45) is 0 Å². The number of methoxy groups -OCH3 is 1. The van der Waals surface area contributed by atoms with Crippen LogP contribution in [0.2, 0.25) is 0 Å². The SMILES string of the molecule is COC1C(COC(C)=O)OCC1OC(C)=O. The third kappa shape index (κ3) is 3.46. The Morgan fingerprint density at radius 1 is 1.31 bits per heavy atom. The summed E-state index contributed by atoms with van der Waals surface area (Å²) in [5.41, 5.74) is 0. The maximum absolute atomic E-state index is 10.8. The Balaban J connectivity index is 2.48. The van der Waals surface area contributed by atoms with Crippen molar-refractivity contribution in [2.75, 3.05) is 20.3 Å². The lowest BCUT2D eigenvalue weighted by atomic mass is 10.1. The first-order chi connectivity index (χ1) is 7.54. The lowest BCUT2D eigenvalue weighted by Crippen LogP contribution is -2.37. The van der Waals surface area contributed by atoms with Gasteiger partial charge in [0.05, 0.1) is 6.61 Å². The van der Waals surface area contributed by atoms with E-state index in [1.54, 1.807) is 0 Å². The van der Waals surface area contributed by atoms with Crippen molar-refractivity contribution in [3.63, 3.8) is 0 Å². The summed E-state index contributed by atoms with van der Waals surface area (Å²) < 4.78 is 20.4. The van der Waals surface area contributed by atoms with Gasteiger partial charge in [-0.3, -0.25) is 9.59 Å². The normalized spacial score (nSPS) is 28.8. The smallest absolute Gasteiger partial charge is 0.303 e. The van der Waals surface area contributed by atoms with E-state index in [0.717, 1.165) is 0 Å². The molecule has 92 valence electrons. The molecule has 3 unspecified atom stereocenters. The molecule has 1 heterocycles. The van der Waals surface area contributed by atoms with Gasteiger partial charge >= 0.3 is 11.9 Å². The number of rotatable bonds is 4. The molecule has 0 aromatic heterocycles. The van der Waals surface area contributed by atoms with Crippen molar-refractivity contribution < 1.29 is 28.5 Å². The molecule has 0 bridgehead atoms. The minimum Gasteiger partial charge on any atom is -0.463 e. The molecule has 0 radical (unpaired) electrons. The van der Waals surface area contributed by atoms with Gasteiger partial charge in [0.25, 0.3) is 0 Å². The molecule has 0 aromatic rings. The molecule has 1 aliphatic heterocycles. The first-order valence-electron chi connectivity index (χ1n) is 4.99. The second-order valence-electron chi connectivity index (χ2n) is 3.52. The summed E-state index contributed by atoms with van der Waals surface area (Å²) in [6, 6.07) is 0. The topological polar surface area (TPSA) is 71.1 Å². The number of ether oxygens (including phenoxy) is 4. The van der Waals surface area contributed by atoms with Crippen LogP contribution >= 0.6 is 0 Å². The van der Waals surface area contributed by atoms with Crippen LogP contribution < -0.4 is 0 Å². The third-order valence-corrected chi connectivity index (χ3v) is 2.25. The van der Waals surface area contributed by atoms with Gasteiger partial charge in [-0.2, -0.15) is 0 Å². The minimum atomic E-state index is -0.442. The molecule has 1 saturated heterocycles. The summed E-state index contributed by atoms with van der Waals surface area (Å²) in [4.78, 5) is 21.5. The van der Waals surface area contributed by atoms with Crippen LogP contribution in [0.3, 0.4) is 0 Å². The van der Waals surface area contributed by atoms with Crippen LogP contribution in [0.1, 0.15) is 13.8 Å². The van der Waals surface area contributed by atoms with Crippen molar-refractivity contribution in [2.45, 2.75) is 32.2 Å². The van der Waals surface area contributed by atoms with E-state index in [1.807, 2.05) is 0 Å². The quantitative estimate of drug-likeness (QED) is 0.630. The molecule has 0 aromatic carbocycles. The molecule has 6 nitrogen and oxygen atoms in total. The molecule has 0 N–H and O–H groups in total. The minimum absolute atomic E-state index is 0.103. The van der Waals surface area contributed by atoms with Gasteiger partial charge in [-0.25, -0.2) is 0 Å². The molecule has 0 saturated carbocycles. The highest BCUT2D eigenvalue weighted by atomic mass is 16.6. The molecule has 1 rings (SSSR count). The summed E-state index contributed by atoms with van der Waals surface area (Å²) in [6.45, 7) is 3.00. The fraction of sp³-hybridized carbons (Fsp3) is 0.800. The number of esters is 2. The van der Waals surface area contributed by atoms with E-state index < -0.39 is 18.3 Å². The first kappa shape index (κ1) is 12.9. The van der Waals surface area contributed by atoms with E-state index in [4.69, 9.17) is 18.9 Å². The van der Waals surface area contributed by atoms with Crippen LogP contribution in [0.4, 0.5) is 0 Å². The van der Waals surface area contributed by atoms with Gasteiger partial charge < -0.3 is 18.9 Å². The summed E-state index contributed by atoms with van der Waals surface area (Å²) in [6.07, 6.45) is -1.23. The molecule has 16 heavy (non-hydrogen) atoms. The molecule has 6 heteroatoms. The van der Waals surface area contributed by atoms with Gasteiger partial charge in [0, 0.05) is 21.0 Å². The zero-order valence-electron chi connectivity index (χ0n) is 9.60. The molecular formula is C10H16O6. The van der Waals surface area contributed by atoms with Gasteiger partial charge in [0.2, 0.25) is 0 Å². The molecule has 1 fully saturated rings. The Hall–Kier alpha value is -1.14. The second kappa shape index (κ2) is 5.81. The second-order valence-corrected chi connectivity index (χ2v) is 3.52. The van der Waals surface area contributed by atoms with Crippen LogP contribution in [0.5, 0.6) is 0 Å². The molecule has 0 amide bonds. The lowest BCUT2D eigenvalue weighted by Gasteiger charge is -2.20. The summed E-state index contributed by atoms with van der Waals surface area (Å²) in [5.74, 6) is -0.766. The van der Waals surface area contributed by atoms with Crippen LogP contribution in [0, 0.1) is 0 Å². The Morgan fingerprint density at radius 2 is 2.00 bits per heavy atom. The van der Waals surface area contributed by atoms with Gasteiger partial charge in [-0.15, -0.1) is 0 Å². The van der Waals surface area contributed by atoms with Crippen molar-refractivity contribution >= 4 is 11.9 Å². The van der Waals surface area contributed by atoms with E-state index in [-0.39, 0.29) is 25.2 Å². The first-order valence-corrected chi connectivity index (χ1v) is 4.99. The van der Waals surface area contributed by atoms with E-state index in [0.29, 0.717) is 0 Å². The van der Waals surface area contributed by atoms with E-state index in [1.165, 1.54) is 21.0 Å². The Kier molecular flexibility index (Phi) is 4.70. The van der Waals surface area contributed by atoms with Crippen LogP contribution in [-0.2, 0) is 28.5 Å². The number of hydrogen-bond acceptors (Lipinski definition) is 6. The lowest BCUT2D eigenvalue weighted by molar-refractivity contribution is -0.153. The highest BCUT2D eigenvalue weighted by molar-refractivity contribution is 5.66. The monoisotopic (exact) mass is 232 g/mol. The number of hydrogen-bond donors (Lipinski definition) is 0. The molecular weight excluding hydrogens is 216 g/mol. The van der Waals surface area contributed by atoms with Crippen molar-refractivity contribution in [1.29, 1.82) is 0 Å². The summed E-state index contributed by atoms with van der Waals surface area (Å²) >= 11 is 0. The van der Waals surface area contributed by atoms with Crippen molar-refractivity contribution in [1.82, 2.24) is 0 Å². The average Bonchev–Trinajstić information content (AvgIpc) is 2.56. The fourth-order valence-electron chi connectivity index (χ4n) is 1.61. The zero-order chi connectivity index (χ0) is 12.1. The van der Waals surface area contributed by atoms with Gasteiger partial charge in [-0.05, 0) is 0 Å². The molecule has 0 spiro atoms. The fourth-order valence-corrected chi connectivity index (χ4v) is 1.61. The molecule has 3 atom stereocenters. The Labute approximate surface area is 93.8 Å². The standard InChI is InChI=1S/C10H16O6/c1-6(11)14-4-8-10(13-3)9(5-15-8)16-7(2)12/h8-10H,4-5H2,1-3H3. The van der Waals surface area contributed by atoms with Crippen molar-refractivity contribution in [3.8, 4) is 0 Å². The zero-order valence-corrected chi connectivity index (χ0v) is 9.60. The van der Waals surface area contributed by atoms with Crippen LogP contribution in [0.15, 0.2) is 0 Å². The molecule has 1 aliphatic rings. The highest BCUT2D eigenvalue weighted by Gasteiger charge is 2.40. The highest BCUT2D eigenvalue weighted by Crippen LogP contribution is 2.20. The summed E-state index contributed by atoms with van der Waals surface area (Å²) in [7, 11) is 1.50. The van der Waals surface area contributed by atoms with E-state index in [2.05, 4.69) is 0 Å². The number of carbonyl (C=O) groups is 2. The predicted octanol–water partition coefficient (Wildman–Crippen LogP) is -0.105. The molecule has 0 aliphatic carbocycles. The van der Waals surface area contributed by atoms with Gasteiger partial charge in [-0.1, -0.05) is 0 Å². The Morgan fingerprint density at radius 3 is 2.50 bits per heavy atom. The number of carbonyl (C=O) groups excluding carboxylic acids is 2. The predicted molar refractivity (Wildman–Crippen MR) is 52.7 cm³/mol. The summed E-state index contributed by atoms with van der Waals surface area (Å²) in [5, 5.41) is 0. The Bertz CT molecular complexity index is 264. The maximum Gasteiger partial charge on any atom is 0.303 e. The average molecular weight is 232 g/mol. The third-order valence-electron chi connectivity index (χ3n) is 2.25. The maximum atomic E-state index is 10.8.